The Bertz CT molecular complexity index is 1690. The number of hydrogen-bond acceptors (Lipinski definition) is 7. The van der Waals surface area contributed by atoms with Crippen LogP contribution in [-0.2, 0) is 0 Å². The SMILES string of the molecule is CNC(=O)c1ccc(NC(=O)c2cccc(-c3cn4ccnc4c(Nc4ccc(N5CCNCC5)cc4)n3)c2)cc1. The van der Waals surface area contributed by atoms with Crippen molar-refractivity contribution in [2.45, 2.75) is 0 Å². The van der Waals surface area contributed by atoms with Crippen molar-refractivity contribution in [3.8, 4) is 11.3 Å². The summed E-state index contributed by atoms with van der Waals surface area (Å²) in [5.74, 6) is 0.179. The van der Waals surface area contributed by atoms with E-state index in [4.69, 9.17) is 4.98 Å². The van der Waals surface area contributed by atoms with E-state index in [-0.39, 0.29) is 11.8 Å². The van der Waals surface area contributed by atoms with Crippen LogP contribution in [0.5, 0.6) is 0 Å². The number of carbonyl (C=O) groups excluding carboxylic acids is 2. The first kappa shape index (κ1) is 26.0. The predicted octanol–water partition coefficient (Wildman–Crippen LogP) is 4.16. The van der Waals surface area contributed by atoms with Crippen molar-refractivity contribution in [2.75, 3.05) is 48.8 Å². The Labute approximate surface area is 237 Å². The summed E-state index contributed by atoms with van der Waals surface area (Å²) in [6, 6.07) is 22.4. The van der Waals surface area contributed by atoms with Gasteiger partial charge >= 0.3 is 0 Å². The van der Waals surface area contributed by atoms with Gasteiger partial charge in [-0.05, 0) is 60.7 Å². The number of piperazine rings is 1. The molecule has 0 aliphatic carbocycles. The number of anilines is 4. The van der Waals surface area contributed by atoms with E-state index in [0.717, 1.165) is 37.4 Å². The van der Waals surface area contributed by atoms with E-state index >= 15 is 0 Å². The second-order valence-electron chi connectivity index (χ2n) is 9.73. The van der Waals surface area contributed by atoms with Gasteiger partial charge in [0, 0.05) is 85.6 Å². The van der Waals surface area contributed by atoms with Gasteiger partial charge in [0.05, 0.1) is 5.69 Å². The van der Waals surface area contributed by atoms with Gasteiger partial charge in [0.1, 0.15) is 0 Å². The number of aromatic nitrogens is 3. The van der Waals surface area contributed by atoms with Crippen molar-refractivity contribution < 1.29 is 9.59 Å². The number of hydrogen-bond donors (Lipinski definition) is 4. The van der Waals surface area contributed by atoms with E-state index in [0.29, 0.717) is 34.0 Å². The fraction of sp³-hybridized carbons (Fsp3) is 0.161. The molecular formula is C31H30N8O2. The molecule has 0 unspecified atom stereocenters. The van der Waals surface area contributed by atoms with Crippen molar-refractivity contribution in [2.24, 2.45) is 0 Å². The van der Waals surface area contributed by atoms with Crippen molar-refractivity contribution in [1.29, 1.82) is 0 Å². The fourth-order valence-electron chi connectivity index (χ4n) is 4.84. The van der Waals surface area contributed by atoms with Gasteiger partial charge in [-0.25, -0.2) is 9.97 Å². The number of benzene rings is 3. The van der Waals surface area contributed by atoms with Crippen molar-refractivity contribution >= 4 is 40.3 Å². The van der Waals surface area contributed by atoms with Crippen LogP contribution in [0.25, 0.3) is 16.9 Å². The number of fused-ring (bicyclic) bond motifs is 1. The number of rotatable bonds is 7. The minimum Gasteiger partial charge on any atom is -0.369 e. The first-order valence-corrected chi connectivity index (χ1v) is 13.5. The number of carbonyl (C=O) groups is 2. The summed E-state index contributed by atoms with van der Waals surface area (Å²) < 4.78 is 1.92. The fourth-order valence-corrected chi connectivity index (χ4v) is 4.84. The van der Waals surface area contributed by atoms with Gasteiger partial charge in [-0.1, -0.05) is 12.1 Å². The zero-order valence-electron chi connectivity index (χ0n) is 22.6. The Hall–Kier alpha value is -5.22. The Morgan fingerprint density at radius 3 is 2.39 bits per heavy atom. The van der Waals surface area contributed by atoms with Crippen LogP contribution in [0.1, 0.15) is 20.7 Å². The van der Waals surface area contributed by atoms with Gasteiger partial charge in [0.2, 0.25) is 0 Å². The highest BCUT2D eigenvalue weighted by Crippen LogP contribution is 2.27. The van der Waals surface area contributed by atoms with Gasteiger partial charge in [-0.3, -0.25) is 9.59 Å². The van der Waals surface area contributed by atoms with Crippen LogP contribution in [0.3, 0.4) is 0 Å². The Morgan fingerprint density at radius 2 is 1.63 bits per heavy atom. The van der Waals surface area contributed by atoms with Crippen LogP contribution in [0.4, 0.5) is 22.9 Å². The molecule has 6 rings (SSSR count). The average molecular weight is 547 g/mol. The molecule has 4 N–H and O–H groups in total. The summed E-state index contributed by atoms with van der Waals surface area (Å²) in [6.07, 6.45) is 5.51. The lowest BCUT2D eigenvalue weighted by Gasteiger charge is -2.29. The normalized spacial score (nSPS) is 13.1. The lowest BCUT2D eigenvalue weighted by Crippen LogP contribution is -2.43. The molecule has 3 heterocycles. The quantitative estimate of drug-likeness (QED) is 0.242. The van der Waals surface area contributed by atoms with E-state index in [1.807, 2.05) is 35.0 Å². The van der Waals surface area contributed by atoms with E-state index in [9.17, 15) is 9.59 Å². The van der Waals surface area contributed by atoms with Crippen molar-refractivity contribution in [3.05, 3.63) is 103 Å². The maximum absolute atomic E-state index is 13.0. The Kier molecular flexibility index (Phi) is 7.29. The topological polar surface area (TPSA) is 116 Å². The molecule has 0 spiro atoms. The molecule has 41 heavy (non-hydrogen) atoms. The lowest BCUT2D eigenvalue weighted by atomic mass is 10.1. The largest absolute Gasteiger partial charge is 0.369 e. The highest BCUT2D eigenvalue weighted by Gasteiger charge is 2.14. The third-order valence-electron chi connectivity index (χ3n) is 7.04. The molecule has 0 atom stereocenters. The molecule has 1 fully saturated rings. The van der Waals surface area contributed by atoms with Crippen molar-refractivity contribution in [3.63, 3.8) is 0 Å². The van der Waals surface area contributed by atoms with Crippen LogP contribution in [0, 0.1) is 0 Å². The molecule has 1 saturated heterocycles. The molecule has 2 amide bonds. The summed E-state index contributed by atoms with van der Waals surface area (Å²) in [5, 5.41) is 12.3. The van der Waals surface area contributed by atoms with Crippen LogP contribution >= 0.6 is 0 Å². The molecule has 0 bridgehead atoms. The molecule has 0 saturated carbocycles. The summed E-state index contributed by atoms with van der Waals surface area (Å²) >= 11 is 0. The standard InChI is InChI=1S/C31H30N8O2/c1-32-30(40)21-5-7-25(8-6-21)36-31(41)23-4-2-3-22(19-23)27-20-39-18-15-34-29(39)28(37-27)35-24-9-11-26(12-10-24)38-16-13-33-14-17-38/h2-12,15,18-20,33H,13-14,16-17H2,1H3,(H,32,40)(H,35,37)(H,36,41). The summed E-state index contributed by atoms with van der Waals surface area (Å²) in [5.41, 5.74) is 5.91. The first-order chi connectivity index (χ1) is 20.1. The third kappa shape index (κ3) is 5.73. The van der Waals surface area contributed by atoms with Crippen molar-refractivity contribution in [1.82, 2.24) is 25.0 Å². The molecule has 5 aromatic rings. The monoisotopic (exact) mass is 546 g/mol. The maximum Gasteiger partial charge on any atom is 0.255 e. The van der Waals surface area contributed by atoms with E-state index in [1.54, 1.807) is 43.6 Å². The Balaban J connectivity index is 1.22. The molecule has 2 aromatic heterocycles. The molecule has 3 aromatic carbocycles. The van der Waals surface area contributed by atoms with Crippen LogP contribution in [-0.4, -0.2) is 59.4 Å². The molecule has 10 nitrogen and oxygen atoms in total. The zero-order chi connectivity index (χ0) is 28.2. The van der Waals surface area contributed by atoms with Gasteiger partial charge in [0.15, 0.2) is 11.5 Å². The minimum atomic E-state index is -0.258. The number of amides is 2. The van der Waals surface area contributed by atoms with Gasteiger partial charge in [-0.15, -0.1) is 0 Å². The van der Waals surface area contributed by atoms with Gasteiger partial charge in [0.25, 0.3) is 11.8 Å². The van der Waals surface area contributed by atoms with Gasteiger partial charge in [-0.2, -0.15) is 0 Å². The lowest BCUT2D eigenvalue weighted by molar-refractivity contribution is 0.0962. The molecule has 10 heteroatoms. The summed E-state index contributed by atoms with van der Waals surface area (Å²) in [6.45, 7) is 3.96. The van der Waals surface area contributed by atoms with E-state index in [1.165, 1.54) is 5.69 Å². The van der Waals surface area contributed by atoms with E-state index in [2.05, 4.69) is 55.4 Å². The third-order valence-corrected chi connectivity index (χ3v) is 7.04. The van der Waals surface area contributed by atoms with E-state index < -0.39 is 0 Å². The van der Waals surface area contributed by atoms with Crippen LogP contribution in [0.2, 0.25) is 0 Å². The number of nitrogens with one attached hydrogen (secondary N) is 4. The average Bonchev–Trinajstić information content (AvgIpc) is 3.51. The molecule has 0 radical (unpaired) electrons. The number of nitrogens with zero attached hydrogens (tertiary/aromatic N) is 4. The second-order valence-corrected chi connectivity index (χ2v) is 9.73. The van der Waals surface area contributed by atoms with Crippen LogP contribution in [0.15, 0.2) is 91.4 Å². The molecule has 1 aliphatic heterocycles. The molecule has 1 aliphatic rings. The molecule has 206 valence electrons. The smallest absolute Gasteiger partial charge is 0.255 e. The predicted molar refractivity (Wildman–Crippen MR) is 161 cm³/mol. The molecular weight excluding hydrogens is 516 g/mol. The minimum absolute atomic E-state index is 0.181. The maximum atomic E-state index is 13.0. The number of imidazole rings is 1. The zero-order valence-corrected chi connectivity index (χ0v) is 22.6. The van der Waals surface area contributed by atoms with Gasteiger partial charge < -0.3 is 30.6 Å². The highest BCUT2D eigenvalue weighted by molar-refractivity contribution is 6.05. The summed E-state index contributed by atoms with van der Waals surface area (Å²) in [7, 11) is 1.58. The summed E-state index contributed by atoms with van der Waals surface area (Å²) in [4.78, 5) is 36.6. The Morgan fingerprint density at radius 1 is 0.878 bits per heavy atom. The van der Waals surface area contributed by atoms with Crippen LogP contribution < -0.4 is 26.2 Å². The highest BCUT2D eigenvalue weighted by atomic mass is 16.2. The second kappa shape index (κ2) is 11.5. The first-order valence-electron chi connectivity index (χ1n) is 13.5.